The first-order valence-corrected chi connectivity index (χ1v) is 9.63. The number of carbonyl (C=O) groups excluding carboxylic acids is 1. The molecule has 0 N–H and O–H groups in total. The van der Waals surface area contributed by atoms with Crippen molar-refractivity contribution in [1.82, 2.24) is 24.1 Å². The number of aromatic nitrogens is 2. The number of carbonyl (C=O) groups is 1. The fourth-order valence-electron chi connectivity index (χ4n) is 3.47. The van der Waals surface area contributed by atoms with E-state index in [0.29, 0.717) is 19.6 Å². The molecule has 0 bridgehead atoms. The van der Waals surface area contributed by atoms with E-state index in [1.807, 2.05) is 42.6 Å². The zero-order valence-corrected chi connectivity index (χ0v) is 16.2. The fraction of sp³-hybridized carbons (Fsp3) is 0.550. The van der Waals surface area contributed by atoms with Gasteiger partial charge in [0.1, 0.15) is 5.65 Å². The number of likely N-dealkylation sites (N-methyl/N-ethyl adjacent to an activating group) is 1. The second kappa shape index (κ2) is 8.98. The van der Waals surface area contributed by atoms with Gasteiger partial charge in [0.15, 0.2) is 0 Å². The topological polar surface area (TPSA) is 67.9 Å². The zero-order chi connectivity index (χ0) is 19.2. The molecule has 0 radical (unpaired) electrons. The molecule has 7 heteroatoms. The van der Waals surface area contributed by atoms with Crippen LogP contribution in [0.2, 0.25) is 0 Å². The smallest absolute Gasteiger partial charge is 0.236 e. The Bertz CT molecular complexity index is 769. The van der Waals surface area contributed by atoms with Crippen LogP contribution in [0.4, 0.5) is 0 Å². The molecule has 0 aromatic carbocycles. The summed E-state index contributed by atoms with van der Waals surface area (Å²) in [6.07, 6.45) is 4.10. The number of piperazine rings is 1. The molecule has 27 heavy (non-hydrogen) atoms. The molecule has 2 aromatic rings. The Hall–Kier alpha value is -2.43. The van der Waals surface area contributed by atoms with Gasteiger partial charge in [-0.1, -0.05) is 6.07 Å². The van der Waals surface area contributed by atoms with Crippen LogP contribution in [0, 0.1) is 17.2 Å². The van der Waals surface area contributed by atoms with Gasteiger partial charge in [0.05, 0.1) is 24.2 Å². The maximum absolute atomic E-state index is 12.5. The van der Waals surface area contributed by atoms with Gasteiger partial charge in [-0.05, 0) is 26.0 Å². The third-order valence-electron chi connectivity index (χ3n) is 5.07. The highest BCUT2D eigenvalue weighted by atomic mass is 16.2. The maximum Gasteiger partial charge on any atom is 0.236 e. The van der Waals surface area contributed by atoms with Crippen LogP contribution in [0.25, 0.3) is 5.65 Å². The van der Waals surface area contributed by atoms with Crippen molar-refractivity contribution in [1.29, 1.82) is 5.26 Å². The Labute approximate surface area is 160 Å². The molecule has 0 spiro atoms. The van der Waals surface area contributed by atoms with Gasteiger partial charge in [0.25, 0.3) is 0 Å². The third-order valence-corrected chi connectivity index (χ3v) is 5.07. The summed E-state index contributed by atoms with van der Waals surface area (Å²) < 4.78 is 2.05. The molecule has 1 atom stereocenters. The van der Waals surface area contributed by atoms with E-state index in [0.717, 1.165) is 44.1 Å². The number of hydrogen-bond acceptors (Lipinski definition) is 5. The summed E-state index contributed by atoms with van der Waals surface area (Å²) in [7, 11) is 0. The maximum atomic E-state index is 12.5. The number of fused-ring (bicyclic) bond motifs is 1. The first kappa shape index (κ1) is 19.3. The van der Waals surface area contributed by atoms with Crippen molar-refractivity contribution >= 4 is 11.6 Å². The molecule has 2 aromatic heterocycles. The van der Waals surface area contributed by atoms with Gasteiger partial charge < -0.3 is 9.30 Å². The van der Waals surface area contributed by atoms with Gasteiger partial charge in [-0.3, -0.25) is 14.6 Å². The Morgan fingerprint density at radius 2 is 2.04 bits per heavy atom. The van der Waals surface area contributed by atoms with Crippen LogP contribution in [0.3, 0.4) is 0 Å². The normalized spacial score (nSPS) is 16.9. The number of pyridine rings is 1. The van der Waals surface area contributed by atoms with E-state index in [9.17, 15) is 4.79 Å². The van der Waals surface area contributed by atoms with Crippen LogP contribution in [-0.2, 0) is 11.3 Å². The van der Waals surface area contributed by atoms with Crippen molar-refractivity contribution in [3.8, 4) is 6.07 Å². The van der Waals surface area contributed by atoms with Gasteiger partial charge in [0.2, 0.25) is 5.91 Å². The molecule has 7 nitrogen and oxygen atoms in total. The zero-order valence-electron chi connectivity index (χ0n) is 16.2. The molecule has 1 fully saturated rings. The van der Waals surface area contributed by atoms with Gasteiger partial charge >= 0.3 is 0 Å². The second-order valence-electron chi connectivity index (χ2n) is 7.21. The van der Waals surface area contributed by atoms with Crippen molar-refractivity contribution in [3.05, 3.63) is 36.3 Å². The lowest BCUT2D eigenvalue weighted by Crippen LogP contribution is -2.50. The summed E-state index contributed by atoms with van der Waals surface area (Å²) in [5, 5.41) is 8.97. The molecule has 144 valence electrons. The molecule has 1 unspecified atom stereocenters. The van der Waals surface area contributed by atoms with E-state index in [2.05, 4.69) is 27.0 Å². The number of nitrogens with zero attached hydrogens (tertiary/aromatic N) is 6. The lowest BCUT2D eigenvalue weighted by Gasteiger charge is -2.35. The van der Waals surface area contributed by atoms with Crippen LogP contribution in [-0.4, -0.2) is 75.8 Å². The minimum atomic E-state index is -0.129. The molecule has 1 amide bonds. The summed E-state index contributed by atoms with van der Waals surface area (Å²) in [5.41, 5.74) is 2.05. The van der Waals surface area contributed by atoms with E-state index in [4.69, 9.17) is 5.26 Å². The summed E-state index contributed by atoms with van der Waals surface area (Å²) >= 11 is 0. The molecule has 1 aliphatic heterocycles. The van der Waals surface area contributed by atoms with Crippen molar-refractivity contribution in [3.63, 3.8) is 0 Å². The predicted molar refractivity (Wildman–Crippen MR) is 104 cm³/mol. The highest BCUT2D eigenvalue weighted by Gasteiger charge is 2.22. The van der Waals surface area contributed by atoms with Crippen LogP contribution < -0.4 is 0 Å². The first-order chi connectivity index (χ1) is 13.1. The summed E-state index contributed by atoms with van der Waals surface area (Å²) in [5.74, 6) is -0.00965. The van der Waals surface area contributed by atoms with E-state index in [1.165, 1.54) is 0 Å². The first-order valence-electron chi connectivity index (χ1n) is 9.63. The van der Waals surface area contributed by atoms with E-state index in [1.54, 1.807) is 4.90 Å². The molecule has 0 saturated carbocycles. The number of amides is 1. The average Bonchev–Trinajstić information content (AvgIpc) is 3.09. The third kappa shape index (κ3) is 5.06. The molecule has 0 aliphatic carbocycles. The minimum Gasteiger partial charge on any atom is -0.341 e. The van der Waals surface area contributed by atoms with Crippen molar-refractivity contribution in [2.75, 3.05) is 45.8 Å². The molecular formula is C20H28N6O. The number of hydrogen-bond donors (Lipinski definition) is 0. The van der Waals surface area contributed by atoms with Crippen molar-refractivity contribution < 1.29 is 4.79 Å². The molecule has 3 heterocycles. The van der Waals surface area contributed by atoms with Crippen LogP contribution >= 0.6 is 0 Å². The number of rotatable bonds is 7. The van der Waals surface area contributed by atoms with Crippen LogP contribution in [0.1, 0.15) is 19.5 Å². The molecular weight excluding hydrogens is 340 g/mol. The van der Waals surface area contributed by atoms with Crippen LogP contribution in [0.5, 0.6) is 0 Å². The van der Waals surface area contributed by atoms with Gasteiger partial charge in [-0.15, -0.1) is 0 Å². The quantitative estimate of drug-likeness (QED) is 0.740. The molecule has 1 saturated heterocycles. The largest absolute Gasteiger partial charge is 0.341 e. The predicted octanol–water partition coefficient (Wildman–Crippen LogP) is 1.46. The lowest BCUT2D eigenvalue weighted by atomic mass is 10.2. The van der Waals surface area contributed by atoms with Gasteiger partial charge in [-0.2, -0.15) is 5.26 Å². The molecule has 1 aliphatic rings. The van der Waals surface area contributed by atoms with E-state index >= 15 is 0 Å². The standard InChI is InChI=1S/C20H28N6O/c1-3-25(13-17(2)12-21)20(27)16-24-10-8-23(9-11-24)14-18-15-26-7-5-4-6-19(26)22-18/h4-7,15,17H,3,8-11,13-14,16H2,1-2H3. The molecule has 3 rings (SSSR count). The van der Waals surface area contributed by atoms with Gasteiger partial charge in [0, 0.05) is 58.2 Å². The van der Waals surface area contributed by atoms with E-state index < -0.39 is 0 Å². The second-order valence-corrected chi connectivity index (χ2v) is 7.21. The lowest BCUT2D eigenvalue weighted by molar-refractivity contribution is -0.133. The minimum absolute atomic E-state index is 0.119. The Balaban J connectivity index is 1.47. The van der Waals surface area contributed by atoms with Gasteiger partial charge in [-0.25, -0.2) is 4.98 Å². The summed E-state index contributed by atoms with van der Waals surface area (Å²) in [4.78, 5) is 23.6. The van der Waals surface area contributed by atoms with E-state index in [-0.39, 0.29) is 11.8 Å². The monoisotopic (exact) mass is 368 g/mol. The number of nitriles is 1. The Morgan fingerprint density at radius 3 is 2.70 bits per heavy atom. The fourth-order valence-corrected chi connectivity index (χ4v) is 3.47. The highest BCUT2D eigenvalue weighted by Crippen LogP contribution is 2.10. The SMILES string of the molecule is CCN(CC(C)C#N)C(=O)CN1CCN(Cc2cn3ccccc3n2)CC1. The highest BCUT2D eigenvalue weighted by molar-refractivity contribution is 5.78. The average molecular weight is 368 g/mol. The van der Waals surface area contributed by atoms with Crippen molar-refractivity contribution in [2.45, 2.75) is 20.4 Å². The summed E-state index contributed by atoms with van der Waals surface area (Å²) in [6, 6.07) is 8.22. The van der Waals surface area contributed by atoms with Crippen LogP contribution in [0.15, 0.2) is 30.6 Å². The van der Waals surface area contributed by atoms with Crippen molar-refractivity contribution in [2.24, 2.45) is 5.92 Å². The Morgan fingerprint density at radius 1 is 1.30 bits per heavy atom. The summed E-state index contributed by atoms with van der Waals surface area (Å²) in [6.45, 7) is 9.89. The number of imidazole rings is 1. The Kier molecular flexibility index (Phi) is 6.43.